The summed E-state index contributed by atoms with van der Waals surface area (Å²) in [7, 11) is 0. The molecule has 1 unspecified atom stereocenters. The molecule has 3 fully saturated rings. The first kappa shape index (κ1) is 18.2. The van der Waals surface area contributed by atoms with E-state index in [0.29, 0.717) is 5.91 Å². The van der Waals surface area contributed by atoms with Crippen LogP contribution in [0.5, 0.6) is 0 Å². The second-order valence-electron chi connectivity index (χ2n) is 8.49. The lowest BCUT2D eigenvalue weighted by Crippen LogP contribution is -2.43. The lowest BCUT2D eigenvalue weighted by Gasteiger charge is -2.29. The number of morpholine rings is 1. The number of benzene rings is 1. The molecule has 1 aromatic carbocycles. The summed E-state index contributed by atoms with van der Waals surface area (Å²) < 4.78 is 11.4. The average molecular weight is 383 g/mol. The van der Waals surface area contributed by atoms with Gasteiger partial charge in [-0.1, -0.05) is 18.2 Å². The molecule has 0 bridgehead atoms. The molecule has 4 heterocycles. The minimum absolute atomic E-state index is 0.170. The summed E-state index contributed by atoms with van der Waals surface area (Å²) in [5.74, 6) is 1.36. The summed E-state index contributed by atoms with van der Waals surface area (Å²) in [4.78, 5) is 20.1. The van der Waals surface area contributed by atoms with E-state index in [1.807, 2.05) is 18.2 Å². The maximum Gasteiger partial charge on any atom is 0.230 e. The Morgan fingerprint density at radius 1 is 0.964 bits per heavy atom. The fraction of sp³-hybridized carbons (Fsp3) is 0.591. The van der Waals surface area contributed by atoms with Gasteiger partial charge < -0.3 is 14.1 Å². The number of rotatable bonds is 5. The number of nitrogens with zero attached hydrogens (tertiary/aromatic N) is 3. The molecule has 3 aliphatic heterocycles. The summed E-state index contributed by atoms with van der Waals surface area (Å²) in [5.41, 5.74) is 0.773. The second kappa shape index (κ2) is 7.50. The molecule has 3 saturated heterocycles. The van der Waals surface area contributed by atoms with Crippen molar-refractivity contribution in [2.75, 3.05) is 59.0 Å². The molecule has 0 saturated carbocycles. The van der Waals surface area contributed by atoms with Crippen molar-refractivity contribution in [2.24, 2.45) is 5.41 Å². The zero-order valence-corrected chi connectivity index (χ0v) is 16.4. The standard InChI is InChI=1S/C22H29N3O3/c26-21-22(6-8-25(21)10-9-23-11-13-27-14-12-23)5-7-24(17-22)16-19-15-18-3-1-2-4-20(18)28-19/h1-4,15H,5-14,16-17H2. The van der Waals surface area contributed by atoms with Crippen LogP contribution in [0.3, 0.4) is 0 Å². The summed E-state index contributed by atoms with van der Waals surface area (Å²) in [6, 6.07) is 10.3. The van der Waals surface area contributed by atoms with Gasteiger partial charge >= 0.3 is 0 Å². The van der Waals surface area contributed by atoms with Gasteiger partial charge in [0.15, 0.2) is 0 Å². The highest BCUT2D eigenvalue weighted by Crippen LogP contribution is 2.41. The fourth-order valence-corrected chi connectivity index (χ4v) is 5.00. The van der Waals surface area contributed by atoms with Gasteiger partial charge in [-0.15, -0.1) is 0 Å². The first-order valence-electron chi connectivity index (χ1n) is 10.5. The number of ether oxygens (including phenoxy) is 1. The number of carbonyl (C=O) groups excluding carboxylic acids is 1. The molecule has 0 N–H and O–H groups in total. The molecular formula is C22H29N3O3. The van der Waals surface area contributed by atoms with E-state index in [0.717, 1.165) is 95.1 Å². The van der Waals surface area contributed by atoms with Crippen LogP contribution in [0.1, 0.15) is 18.6 Å². The Morgan fingerprint density at radius 3 is 2.64 bits per heavy atom. The average Bonchev–Trinajstić information content (AvgIpc) is 3.40. The predicted octanol–water partition coefficient (Wildman–Crippen LogP) is 2.19. The molecule has 1 atom stereocenters. The molecule has 3 aliphatic rings. The highest BCUT2D eigenvalue weighted by atomic mass is 16.5. The van der Waals surface area contributed by atoms with Crippen molar-refractivity contribution >= 4 is 16.9 Å². The number of para-hydroxylation sites is 1. The molecule has 6 heteroatoms. The van der Waals surface area contributed by atoms with E-state index >= 15 is 0 Å². The molecular weight excluding hydrogens is 354 g/mol. The van der Waals surface area contributed by atoms with Crippen molar-refractivity contribution in [1.82, 2.24) is 14.7 Å². The molecule has 0 radical (unpaired) electrons. The Bertz CT molecular complexity index is 811. The van der Waals surface area contributed by atoms with Gasteiger partial charge in [-0.2, -0.15) is 0 Å². The number of hydrogen-bond acceptors (Lipinski definition) is 5. The Kier molecular flexibility index (Phi) is 4.87. The SMILES string of the molecule is O=C1N(CCN2CCOCC2)CCC12CCN(Cc1cc3ccccc3o1)C2. The largest absolute Gasteiger partial charge is 0.460 e. The summed E-state index contributed by atoms with van der Waals surface area (Å²) in [6.45, 7) is 8.94. The second-order valence-corrected chi connectivity index (χ2v) is 8.49. The van der Waals surface area contributed by atoms with Crippen LogP contribution in [0, 0.1) is 5.41 Å². The fourth-order valence-electron chi connectivity index (χ4n) is 5.00. The van der Waals surface area contributed by atoms with Gasteiger partial charge in [-0.25, -0.2) is 0 Å². The third kappa shape index (κ3) is 3.45. The Morgan fingerprint density at radius 2 is 1.79 bits per heavy atom. The van der Waals surface area contributed by atoms with E-state index in [-0.39, 0.29) is 5.41 Å². The number of furan rings is 1. The first-order chi connectivity index (χ1) is 13.7. The van der Waals surface area contributed by atoms with Crippen LogP contribution in [-0.2, 0) is 16.1 Å². The maximum absolute atomic E-state index is 13.2. The van der Waals surface area contributed by atoms with E-state index in [1.54, 1.807) is 0 Å². The van der Waals surface area contributed by atoms with E-state index in [9.17, 15) is 4.79 Å². The first-order valence-corrected chi connectivity index (χ1v) is 10.5. The minimum Gasteiger partial charge on any atom is -0.460 e. The molecule has 1 spiro atoms. The van der Waals surface area contributed by atoms with Crippen molar-refractivity contribution in [3.63, 3.8) is 0 Å². The lowest BCUT2D eigenvalue weighted by atomic mass is 9.85. The van der Waals surface area contributed by atoms with Gasteiger partial charge in [0.2, 0.25) is 5.91 Å². The number of carbonyl (C=O) groups is 1. The van der Waals surface area contributed by atoms with Crippen molar-refractivity contribution in [3.05, 3.63) is 36.1 Å². The quantitative estimate of drug-likeness (QED) is 0.792. The highest BCUT2D eigenvalue weighted by Gasteiger charge is 2.50. The van der Waals surface area contributed by atoms with E-state index in [2.05, 4.69) is 26.8 Å². The summed E-state index contributed by atoms with van der Waals surface area (Å²) in [5, 5.41) is 1.15. The molecule has 150 valence electrons. The van der Waals surface area contributed by atoms with Crippen LogP contribution in [0.4, 0.5) is 0 Å². The van der Waals surface area contributed by atoms with Gasteiger partial charge in [0.1, 0.15) is 11.3 Å². The monoisotopic (exact) mass is 383 g/mol. The number of hydrogen-bond donors (Lipinski definition) is 0. The number of fused-ring (bicyclic) bond motifs is 1. The highest BCUT2D eigenvalue weighted by molar-refractivity contribution is 5.85. The van der Waals surface area contributed by atoms with E-state index in [4.69, 9.17) is 9.15 Å². The topological polar surface area (TPSA) is 49.2 Å². The maximum atomic E-state index is 13.2. The zero-order valence-electron chi connectivity index (χ0n) is 16.4. The molecule has 2 aromatic rings. The third-order valence-electron chi connectivity index (χ3n) is 6.68. The van der Waals surface area contributed by atoms with Crippen molar-refractivity contribution in [3.8, 4) is 0 Å². The predicted molar refractivity (Wildman–Crippen MR) is 107 cm³/mol. The third-order valence-corrected chi connectivity index (χ3v) is 6.68. The van der Waals surface area contributed by atoms with Crippen LogP contribution in [0.25, 0.3) is 11.0 Å². The molecule has 1 aromatic heterocycles. The van der Waals surface area contributed by atoms with Crippen LogP contribution in [0.2, 0.25) is 0 Å². The van der Waals surface area contributed by atoms with Crippen LogP contribution in [-0.4, -0.2) is 79.6 Å². The van der Waals surface area contributed by atoms with Crippen molar-refractivity contribution in [2.45, 2.75) is 19.4 Å². The number of likely N-dealkylation sites (tertiary alicyclic amines) is 2. The van der Waals surface area contributed by atoms with Crippen LogP contribution >= 0.6 is 0 Å². The Labute approximate surface area is 166 Å². The van der Waals surface area contributed by atoms with Crippen LogP contribution < -0.4 is 0 Å². The van der Waals surface area contributed by atoms with Gasteiger partial charge in [0.25, 0.3) is 0 Å². The van der Waals surface area contributed by atoms with E-state index in [1.165, 1.54) is 0 Å². The Balaban J connectivity index is 1.18. The summed E-state index contributed by atoms with van der Waals surface area (Å²) in [6.07, 6.45) is 1.96. The molecule has 0 aliphatic carbocycles. The normalized spacial score (nSPS) is 26.9. The van der Waals surface area contributed by atoms with Gasteiger partial charge in [0, 0.05) is 44.7 Å². The van der Waals surface area contributed by atoms with E-state index < -0.39 is 0 Å². The lowest BCUT2D eigenvalue weighted by molar-refractivity contribution is -0.135. The van der Waals surface area contributed by atoms with Crippen LogP contribution in [0.15, 0.2) is 34.7 Å². The van der Waals surface area contributed by atoms with Crippen molar-refractivity contribution < 1.29 is 13.9 Å². The van der Waals surface area contributed by atoms with Gasteiger partial charge in [-0.05, 0) is 31.5 Å². The molecule has 6 nitrogen and oxygen atoms in total. The summed E-state index contributed by atoms with van der Waals surface area (Å²) >= 11 is 0. The molecule has 28 heavy (non-hydrogen) atoms. The smallest absolute Gasteiger partial charge is 0.230 e. The minimum atomic E-state index is -0.170. The van der Waals surface area contributed by atoms with Gasteiger partial charge in [0.05, 0.1) is 25.2 Å². The number of amides is 1. The van der Waals surface area contributed by atoms with Gasteiger partial charge in [-0.3, -0.25) is 14.6 Å². The molecule has 5 rings (SSSR count). The Hall–Kier alpha value is -1.89. The van der Waals surface area contributed by atoms with Crippen molar-refractivity contribution in [1.29, 1.82) is 0 Å². The molecule has 1 amide bonds. The zero-order chi connectivity index (χ0) is 19.0.